The van der Waals surface area contributed by atoms with Crippen LogP contribution < -0.4 is 5.32 Å². The van der Waals surface area contributed by atoms with Crippen LogP contribution in [0.15, 0.2) is 61.1 Å². The number of fused-ring (bicyclic) bond motifs is 1. The van der Waals surface area contributed by atoms with Gasteiger partial charge in [0.1, 0.15) is 5.82 Å². The van der Waals surface area contributed by atoms with Gasteiger partial charge in [-0.05, 0) is 42.2 Å². The highest BCUT2D eigenvalue weighted by Gasteiger charge is 2.27. The number of nitrogens with one attached hydrogen (secondary N) is 1. The Bertz CT molecular complexity index is 1310. The smallest absolute Gasteiger partial charge is 0.253 e. The van der Waals surface area contributed by atoms with Crippen molar-refractivity contribution >= 4 is 16.8 Å². The van der Waals surface area contributed by atoms with Crippen molar-refractivity contribution in [3.8, 4) is 11.1 Å². The van der Waals surface area contributed by atoms with E-state index in [0.29, 0.717) is 29.4 Å². The van der Waals surface area contributed by atoms with E-state index >= 15 is 0 Å². The van der Waals surface area contributed by atoms with Gasteiger partial charge in [-0.1, -0.05) is 37.1 Å². The van der Waals surface area contributed by atoms with Gasteiger partial charge in [0.2, 0.25) is 0 Å². The van der Waals surface area contributed by atoms with Gasteiger partial charge in [0, 0.05) is 36.9 Å². The van der Waals surface area contributed by atoms with Gasteiger partial charge in [-0.15, -0.1) is 0 Å². The second kappa shape index (κ2) is 8.83. The summed E-state index contributed by atoms with van der Waals surface area (Å²) in [5, 5.41) is 17.7. The summed E-state index contributed by atoms with van der Waals surface area (Å²) in [5.41, 5.74) is 4.06. The van der Waals surface area contributed by atoms with Crippen molar-refractivity contribution in [3.05, 3.63) is 78.0 Å². The molecule has 0 aliphatic heterocycles. The van der Waals surface area contributed by atoms with Crippen molar-refractivity contribution in [2.24, 2.45) is 7.05 Å². The number of carbonyl (C=O) groups is 1. The number of carbonyl (C=O) groups excluding carboxylic acids is 1. The highest BCUT2D eigenvalue weighted by atomic mass is 19.1. The first-order chi connectivity index (χ1) is 16.0. The van der Waals surface area contributed by atoms with Crippen LogP contribution in [0.1, 0.15) is 41.6 Å². The van der Waals surface area contributed by atoms with E-state index in [1.165, 1.54) is 6.07 Å². The predicted molar refractivity (Wildman–Crippen MR) is 125 cm³/mol. The Morgan fingerprint density at radius 2 is 1.97 bits per heavy atom. The van der Waals surface area contributed by atoms with Gasteiger partial charge in [-0.3, -0.25) is 9.48 Å². The Balaban J connectivity index is 1.47. The van der Waals surface area contributed by atoms with E-state index in [4.69, 9.17) is 0 Å². The van der Waals surface area contributed by atoms with Gasteiger partial charge in [0.05, 0.1) is 29.4 Å². The molecule has 5 rings (SSSR count). The molecule has 2 aromatic carbocycles. The average molecular weight is 447 g/mol. The first-order valence-corrected chi connectivity index (χ1v) is 11.3. The molecule has 4 aromatic rings. The summed E-state index contributed by atoms with van der Waals surface area (Å²) in [4.78, 5) is 13.1. The van der Waals surface area contributed by atoms with Crippen LogP contribution in [-0.2, 0) is 13.6 Å². The third kappa shape index (κ3) is 4.28. The highest BCUT2D eigenvalue weighted by Crippen LogP contribution is 2.27. The molecule has 1 unspecified atom stereocenters. The molecule has 0 bridgehead atoms. The first-order valence-electron chi connectivity index (χ1n) is 11.3. The lowest BCUT2D eigenvalue weighted by atomic mass is 9.92. The van der Waals surface area contributed by atoms with Crippen molar-refractivity contribution in [2.75, 3.05) is 0 Å². The number of halogens is 1. The van der Waals surface area contributed by atoms with Crippen molar-refractivity contribution < 1.29 is 14.3 Å². The van der Waals surface area contributed by atoms with Gasteiger partial charge in [-0.2, -0.15) is 5.10 Å². The topological polar surface area (TPSA) is 72.1 Å². The number of rotatable bonds is 5. The summed E-state index contributed by atoms with van der Waals surface area (Å²) in [7, 11) is 1.88. The molecule has 2 atom stereocenters. The summed E-state index contributed by atoms with van der Waals surface area (Å²) < 4.78 is 18.5. The predicted octanol–water partition coefficient (Wildman–Crippen LogP) is 4.26. The number of aliphatic hydroxyl groups is 1. The largest absolute Gasteiger partial charge is 0.391 e. The number of nitrogens with zero attached hydrogens (tertiary/aromatic N) is 3. The summed E-state index contributed by atoms with van der Waals surface area (Å²) in [6.07, 6.45) is 8.27. The van der Waals surface area contributed by atoms with Crippen molar-refractivity contribution in [3.63, 3.8) is 0 Å². The zero-order chi connectivity index (χ0) is 22.9. The van der Waals surface area contributed by atoms with E-state index in [1.54, 1.807) is 16.9 Å². The summed E-state index contributed by atoms with van der Waals surface area (Å²) in [5.74, 6) is -0.774. The number of aromatic nitrogens is 3. The molecule has 6 nitrogen and oxygen atoms in total. The molecular weight excluding hydrogens is 419 g/mol. The fourth-order valence-corrected chi connectivity index (χ4v) is 4.75. The minimum Gasteiger partial charge on any atom is -0.391 e. The second-order valence-electron chi connectivity index (χ2n) is 8.84. The lowest BCUT2D eigenvalue weighted by Crippen LogP contribution is -2.45. The Hall–Kier alpha value is -3.45. The lowest BCUT2D eigenvalue weighted by molar-refractivity contribution is 0.0718. The minimum absolute atomic E-state index is 0.296. The van der Waals surface area contributed by atoms with Crippen LogP contribution in [0, 0.1) is 5.82 Å². The molecule has 1 saturated carbocycles. The van der Waals surface area contributed by atoms with E-state index < -0.39 is 11.9 Å². The van der Waals surface area contributed by atoms with E-state index in [1.807, 2.05) is 48.3 Å². The molecule has 170 valence electrons. The summed E-state index contributed by atoms with van der Waals surface area (Å²) in [6, 6.07) is 12.7. The number of aryl methyl sites for hydroxylation is 1. The van der Waals surface area contributed by atoms with E-state index in [0.717, 1.165) is 36.0 Å². The molecule has 0 radical (unpaired) electrons. The third-order valence-electron chi connectivity index (χ3n) is 6.46. The van der Waals surface area contributed by atoms with Crippen molar-refractivity contribution in [1.82, 2.24) is 19.7 Å². The maximum atomic E-state index is 14.9. The molecule has 7 heteroatoms. The quantitative estimate of drug-likeness (QED) is 0.481. The monoisotopic (exact) mass is 446 g/mol. The van der Waals surface area contributed by atoms with E-state index in [-0.39, 0.29) is 11.9 Å². The maximum absolute atomic E-state index is 14.9. The molecule has 0 spiro atoms. The van der Waals surface area contributed by atoms with Crippen LogP contribution in [0.25, 0.3) is 22.0 Å². The molecule has 1 aliphatic rings. The zero-order valence-electron chi connectivity index (χ0n) is 18.5. The van der Waals surface area contributed by atoms with Crippen LogP contribution in [0.4, 0.5) is 4.39 Å². The molecular formula is C26H27FN4O2. The van der Waals surface area contributed by atoms with E-state index in [2.05, 4.69) is 16.5 Å². The summed E-state index contributed by atoms with van der Waals surface area (Å²) >= 11 is 0. The highest BCUT2D eigenvalue weighted by molar-refractivity contribution is 6.07. The van der Waals surface area contributed by atoms with Gasteiger partial charge < -0.3 is 15.0 Å². The van der Waals surface area contributed by atoms with Gasteiger partial charge >= 0.3 is 0 Å². The van der Waals surface area contributed by atoms with Gasteiger partial charge in [0.25, 0.3) is 5.91 Å². The van der Waals surface area contributed by atoms with Crippen LogP contribution in [0.2, 0.25) is 0 Å². The number of hydrogen-bond acceptors (Lipinski definition) is 3. The standard InChI is InChI=1S/C26H27FN4O2/c1-30-15-19(13-28-30)18-7-4-6-17(12-18)14-31-16-20(25-21(27)8-5-10-23(25)31)26(33)29-22-9-2-3-11-24(22)32/h4-8,10,12-13,15-16,22,24,32H,2-3,9,11,14H2,1H3,(H,29,33)/t22?,24-/m0/s1. The van der Waals surface area contributed by atoms with E-state index in [9.17, 15) is 14.3 Å². The number of hydrogen-bond donors (Lipinski definition) is 2. The number of amides is 1. The molecule has 0 saturated heterocycles. The summed E-state index contributed by atoms with van der Waals surface area (Å²) in [6.45, 7) is 0.493. The fraction of sp³-hybridized carbons (Fsp3) is 0.308. The molecule has 1 amide bonds. The molecule has 1 fully saturated rings. The fourth-order valence-electron chi connectivity index (χ4n) is 4.75. The Morgan fingerprint density at radius 3 is 2.76 bits per heavy atom. The van der Waals surface area contributed by atoms with Crippen LogP contribution in [0.3, 0.4) is 0 Å². The molecule has 33 heavy (non-hydrogen) atoms. The van der Waals surface area contributed by atoms with Crippen LogP contribution >= 0.6 is 0 Å². The average Bonchev–Trinajstić information content (AvgIpc) is 3.40. The molecule has 2 N–H and O–H groups in total. The number of benzene rings is 2. The van der Waals surface area contributed by atoms with Crippen LogP contribution in [-0.4, -0.2) is 37.5 Å². The third-order valence-corrected chi connectivity index (χ3v) is 6.46. The molecule has 2 heterocycles. The van der Waals surface area contributed by atoms with Gasteiger partial charge in [-0.25, -0.2) is 4.39 Å². The SMILES string of the molecule is Cn1cc(-c2cccc(Cn3cc(C(=O)NC4CCCC[C@@H]4O)c4c(F)cccc43)c2)cn1. The normalized spacial score (nSPS) is 18.5. The van der Waals surface area contributed by atoms with Crippen molar-refractivity contribution in [1.29, 1.82) is 0 Å². The Morgan fingerprint density at radius 1 is 1.15 bits per heavy atom. The Labute approximate surface area is 191 Å². The second-order valence-corrected chi connectivity index (χ2v) is 8.84. The molecule has 1 aliphatic carbocycles. The number of aliphatic hydroxyl groups excluding tert-OH is 1. The minimum atomic E-state index is -0.559. The van der Waals surface area contributed by atoms with Crippen molar-refractivity contribution in [2.45, 2.75) is 44.4 Å². The molecule has 2 aromatic heterocycles. The lowest BCUT2D eigenvalue weighted by Gasteiger charge is -2.28. The van der Waals surface area contributed by atoms with Gasteiger partial charge in [0.15, 0.2) is 0 Å². The maximum Gasteiger partial charge on any atom is 0.253 e. The zero-order valence-corrected chi connectivity index (χ0v) is 18.5. The first kappa shape index (κ1) is 21.4. The van der Waals surface area contributed by atoms with Crippen LogP contribution in [0.5, 0.6) is 0 Å². The Kier molecular flexibility index (Phi) is 5.72.